The van der Waals surface area contributed by atoms with Gasteiger partial charge >= 0.3 is 6.18 Å². The number of carbonyl (C=O) groups excluding carboxylic acids is 2. The van der Waals surface area contributed by atoms with E-state index in [2.05, 4.69) is 10.3 Å². The Hall–Kier alpha value is -4.34. The first-order valence-electron chi connectivity index (χ1n) is 9.16. The van der Waals surface area contributed by atoms with Crippen molar-refractivity contribution < 1.29 is 31.9 Å². The number of anilines is 1. The molecule has 2 amide bonds. The first-order chi connectivity index (χ1) is 15.2. The molecule has 0 radical (unpaired) electrons. The Labute approximate surface area is 178 Å². The van der Waals surface area contributed by atoms with Crippen LogP contribution >= 0.6 is 0 Å². The normalized spacial score (nSPS) is 11.3. The number of hydrogen-bond donors (Lipinski definition) is 2. The fraction of sp³-hybridized carbons (Fsp3) is 0.0455. The first-order valence-corrected chi connectivity index (χ1v) is 9.16. The van der Waals surface area contributed by atoms with Crippen molar-refractivity contribution in [3.8, 4) is 11.6 Å². The van der Waals surface area contributed by atoms with Crippen molar-refractivity contribution >= 4 is 28.5 Å². The molecule has 4 aromatic rings. The van der Waals surface area contributed by atoms with Crippen LogP contribution in [0.5, 0.6) is 11.6 Å². The van der Waals surface area contributed by atoms with E-state index in [1.165, 1.54) is 24.3 Å². The summed E-state index contributed by atoms with van der Waals surface area (Å²) in [5.74, 6) is -1.30. The van der Waals surface area contributed by atoms with E-state index >= 15 is 0 Å². The molecular formula is C22H14F3N3O4. The molecule has 3 N–H and O–H groups in total. The van der Waals surface area contributed by atoms with Crippen LogP contribution in [0.4, 0.5) is 18.9 Å². The van der Waals surface area contributed by atoms with Gasteiger partial charge in [-0.3, -0.25) is 9.59 Å². The fourth-order valence-corrected chi connectivity index (χ4v) is 2.93. The number of furan rings is 1. The standard InChI is InChI=1S/C22H14F3N3O4/c23-22(24,25)13-7-10-17(27-11-13)31-14-8-5-12(6-9-14)21(30)28-18-15-3-1-2-4-16(15)32-19(18)20(26)29/h1-11H,(H2,26,29)(H,28,30). The molecule has 0 aliphatic rings. The summed E-state index contributed by atoms with van der Waals surface area (Å²) in [7, 11) is 0. The summed E-state index contributed by atoms with van der Waals surface area (Å²) in [6, 6.07) is 14.5. The van der Waals surface area contributed by atoms with E-state index in [0.29, 0.717) is 17.2 Å². The highest BCUT2D eigenvalue weighted by molar-refractivity contribution is 6.14. The lowest BCUT2D eigenvalue weighted by Gasteiger charge is -2.09. The van der Waals surface area contributed by atoms with Gasteiger partial charge in [0.05, 0.1) is 5.56 Å². The van der Waals surface area contributed by atoms with Crippen LogP contribution in [0.25, 0.3) is 11.0 Å². The Kier molecular flexibility index (Phi) is 5.27. The number of carbonyl (C=O) groups is 2. The summed E-state index contributed by atoms with van der Waals surface area (Å²) in [4.78, 5) is 28.0. The highest BCUT2D eigenvalue weighted by atomic mass is 19.4. The lowest BCUT2D eigenvalue weighted by Crippen LogP contribution is -2.17. The molecule has 0 unspecified atom stereocenters. The highest BCUT2D eigenvalue weighted by Gasteiger charge is 2.30. The van der Waals surface area contributed by atoms with Gasteiger partial charge < -0.3 is 20.2 Å². The summed E-state index contributed by atoms with van der Waals surface area (Å²) in [5, 5.41) is 3.14. The Bertz CT molecular complexity index is 1300. The zero-order chi connectivity index (χ0) is 22.9. The largest absolute Gasteiger partial charge is 0.449 e. The van der Waals surface area contributed by atoms with Crippen LogP contribution in [0.15, 0.2) is 71.3 Å². The number of alkyl halides is 3. The van der Waals surface area contributed by atoms with Crippen molar-refractivity contribution in [1.29, 1.82) is 0 Å². The van der Waals surface area contributed by atoms with Crippen LogP contribution in [-0.2, 0) is 6.18 Å². The first kappa shape index (κ1) is 20.9. The van der Waals surface area contributed by atoms with Gasteiger partial charge in [-0.25, -0.2) is 4.98 Å². The van der Waals surface area contributed by atoms with Crippen LogP contribution in [0.2, 0.25) is 0 Å². The molecule has 0 bridgehead atoms. The molecule has 0 saturated heterocycles. The van der Waals surface area contributed by atoms with Gasteiger partial charge in [0.1, 0.15) is 17.0 Å². The Morgan fingerprint density at radius 2 is 1.72 bits per heavy atom. The van der Waals surface area contributed by atoms with Crippen molar-refractivity contribution in [1.82, 2.24) is 4.98 Å². The minimum absolute atomic E-state index is 0.0360. The number of para-hydroxylation sites is 1. The van der Waals surface area contributed by atoms with Crippen LogP contribution in [0.3, 0.4) is 0 Å². The summed E-state index contributed by atoms with van der Waals surface area (Å²) < 4.78 is 48.7. The molecule has 7 nitrogen and oxygen atoms in total. The number of ether oxygens (including phenoxy) is 1. The lowest BCUT2D eigenvalue weighted by molar-refractivity contribution is -0.137. The van der Waals surface area contributed by atoms with Crippen LogP contribution < -0.4 is 15.8 Å². The minimum Gasteiger partial charge on any atom is -0.449 e. The third-order valence-corrected chi connectivity index (χ3v) is 4.46. The molecule has 0 aliphatic carbocycles. The van der Waals surface area contributed by atoms with E-state index in [-0.39, 0.29) is 28.6 Å². The van der Waals surface area contributed by atoms with Gasteiger partial charge in [0.25, 0.3) is 11.8 Å². The van der Waals surface area contributed by atoms with Gasteiger partial charge in [0.2, 0.25) is 11.6 Å². The average molecular weight is 441 g/mol. The third kappa shape index (κ3) is 4.24. The monoisotopic (exact) mass is 441 g/mol. The molecule has 10 heteroatoms. The van der Waals surface area contributed by atoms with Crippen molar-refractivity contribution in [2.75, 3.05) is 5.32 Å². The van der Waals surface area contributed by atoms with Gasteiger partial charge in [-0.2, -0.15) is 13.2 Å². The number of amides is 2. The summed E-state index contributed by atoms with van der Waals surface area (Å²) >= 11 is 0. The third-order valence-electron chi connectivity index (χ3n) is 4.46. The predicted octanol–water partition coefficient (Wildman–Crippen LogP) is 4.99. The van der Waals surface area contributed by atoms with Gasteiger partial charge in [-0.1, -0.05) is 12.1 Å². The van der Waals surface area contributed by atoms with Crippen LogP contribution in [0, 0.1) is 0 Å². The number of pyridine rings is 1. The van der Waals surface area contributed by atoms with Gasteiger partial charge in [-0.05, 0) is 42.5 Å². The number of primary amides is 1. The van der Waals surface area contributed by atoms with E-state index in [9.17, 15) is 22.8 Å². The maximum atomic E-state index is 12.7. The number of rotatable bonds is 5. The molecule has 0 atom stereocenters. The Morgan fingerprint density at radius 1 is 1.00 bits per heavy atom. The van der Waals surface area contributed by atoms with Crippen molar-refractivity contribution in [2.45, 2.75) is 6.18 Å². The number of aromatic nitrogens is 1. The van der Waals surface area contributed by atoms with Crippen molar-refractivity contribution in [2.24, 2.45) is 5.73 Å². The van der Waals surface area contributed by atoms with Crippen LogP contribution in [0.1, 0.15) is 26.5 Å². The number of nitrogens with zero attached hydrogens (tertiary/aromatic N) is 1. The maximum Gasteiger partial charge on any atom is 0.417 e. The second-order valence-corrected chi connectivity index (χ2v) is 6.63. The minimum atomic E-state index is -4.49. The van der Waals surface area contributed by atoms with E-state index < -0.39 is 23.6 Å². The molecule has 4 rings (SSSR count). The number of fused-ring (bicyclic) bond motifs is 1. The average Bonchev–Trinajstić information content (AvgIpc) is 3.13. The van der Waals surface area contributed by atoms with Gasteiger partial charge in [0, 0.05) is 23.2 Å². The number of benzene rings is 2. The predicted molar refractivity (Wildman–Crippen MR) is 108 cm³/mol. The molecule has 0 spiro atoms. The van der Waals surface area contributed by atoms with E-state index in [0.717, 1.165) is 12.1 Å². The SMILES string of the molecule is NC(=O)c1oc2ccccc2c1NC(=O)c1ccc(Oc2ccc(C(F)(F)F)cn2)cc1. The smallest absolute Gasteiger partial charge is 0.417 e. The molecule has 0 fully saturated rings. The van der Waals surface area contributed by atoms with Crippen LogP contribution in [-0.4, -0.2) is 16.8 Å². The Morgan fingerprint density at radius 3 is 2.34 bits per heavy atom. The molecule has 32 heavy (non-hydrogen) atoms. The second-order valence-electron chi connectivity index (χ2n) is 6.63. The maximum absolute atomic E-state index is 12.7. The quantitative estimate of drug-likeness (QED) is 0.454. The van der Waals surface area contributed by atoms with Crippen molar-refractivity contribution in [3.05, 3.63) is 83.7 Å². The Balaban J connectivity index is 1.50. The topological polar surface area (TPSA) is 107 Å². The van der Waals surface area contributed by atoms with Gasteiger partial charge in [0.15, 0.2) is 0 Å². The molecule has 0 saturated carbocycles. The molecule has 2 aromatic carbocycles. The highest BCUT2D eigenvalue weighted by Crippen LogP contribution is 2.32. The van der Waals surface area contributed by atoms with Crippen molar-refractivity contribution in [3.63, 3.8) is 0 Å². The molecule has 162 valence electrons. The van der Waals surface area contributed by atoms with Gasteiger partial charge in [-0.15, -0.1) is 0 Å². The summed E-state index contributed by atoms with van der Waals surface area (Å²) in [5.41, 5.74) is 5.25. The second kappa shape index (κ2) is 8.06. The fourth-order valence-electron chi connectivity index (χ4n) is 2.93. The zero-order valence-corrected chi connectivity index (χ0v) is 16.1. The number of nitrogens with two attached hydrogens (primary N) is 1. The number of nitrogens with one attached hydrogen (secondary N) is 1. The van der Waals surface area contributed by atoms with E-state index in [4.69, 9.17) is 14.9 Å². The zero-order valence-electron chi connectivity index (χ0n) is 16.1. The van der Waals surface area contributed by atoms with E-state index in [1.807, 2.05) is 0 Å². The number of halogens is 3. The summed E-state index contributed by atoms with van der Waals surface area (Å²) in [6.07, 6.45) is -3.82. The number of hydrogen-bond acceptors (Lipinski definition) is 5. The van der Waals surface area contributed by atoms with E-state index in [1.54, 1.807) is 24.3 Å². The molecule has 2 heterocycles. The lowest BCUT2D eigenvalue weighted by atomic mass is 10.1. The molecular weight excluding hydrogens is 427 g/mol. The molecule has 0 aliphatic heterocycles. The molecule has 2 aromatic heterocycles. The summed E-state index contributed by atoms with van der Waals surface area (Å²) in [6.45, 7) is 0.